The third kappa shape index (κ3) is 6.17. The first-order chi connectivity index (χ1) is 17.8. The van der Waals surface area contributed by atoms with Gasteiger partial charge < -0.3 is 29.8 Å². The summed E-state index contributed by atoms with van der Waals surface area (Å²) < 4.78 is 13.6. The van der Waals surface area contributed by atoms with Crippen molar-refractivity contribution in [2.45, 2.75) is 76.7 Å². The normalized spacial score (nSPS) is 23.9. The highest BCUT2D eigenvalue weighted by atomic mass is 16.5. The Morgan fingerprint density at radius 1 is 1.16 bits per heavy atom. The van der Waals surface area contributed by atoms with Crippen LogP contribution in [0.1, 0.15) is 67.1 Å². The van der Waals surface area contributed by atoms with Crippen LogP contribution in [0.3, 0.4) is 0 Å². The van der Waals surface area contributed by atoms with Crippen LogP contribution in [0.2, 0.25) is 0 Å². The number of carbonyl (C=O) groups excluding carboxylic acids is 1. The molecule has 2 aromatic carbocycles. The van der Waals surface area contributed by atoms with Gasteiger partial charge in [0.1, 0.15) is 12.4 Å². The minimum absolute atomic E-state index is 0.143. The van der Waals surface area contributed by atoms with E-state index in [0.717, 1.165) is 74.1 Å². The second kappa shape index (κ2) is 10.9. The standard InChI is InChI=1S/C30H39N3O4/c1-20-15-24(32-29(34)21-6-8-26(9-7-21)37-19-27-5-4-14-36-27)16-22-17-25(33(3)28(20)22)18-31-23-10-12-30(2,35)13-11-23/h6-9,15-17,23,27,31,35H,4-5,10-14,18-19H2,1-3H3,(H,32,34)/t23-,27-,30-/m0/s1. The van der Waals surface area contributed by atoms with Crippen molar-refractivity contribution >= 4 is 22.5 Å². The van der Waals surface area contributed by atoms with Crippen molar-refractivity contribution in [1.29, 1.82) is 0 Å². The maximum Gasteiger partial charge on any atom is 0.255 e. The second-order valence-electron chi connectivity index (χ2n) is 11.0. The highest BCUT2D eigenvalue weighted by Crippen LogP contribution is 2.29. The van der Waals surface area contributed by atoms with Gasteiger partial charge in [0, 0.05) is 48.6 Å². The number of hydrogen-bond acceptors (Lipinski definition) is 5. The molecule has 198 valence electrons. The Morgan fingerprint density at radius 2 is 1.92 bits per heavy atom. The monoisotopic (exact) mass is 505 g/mol. The Kier molecular flexibility index (Phi) is 7.56. The summed E-state index contributed by atoms with van der Waals surface area (Å²) in [5.41, 5.74) is 4.36. The van der Waals surface area contributed by atoms with Gasteiger partial charge in [0.15, 0.2) is 0 Å². The number of benzene rings is 2. The zero-order chi connectivity index (χ0) is 26.0. The van der Waals surface area contributed by atoms with Gasteiger partial charge in [-0.15, -0.1) is 0 Å². The summed E-state index contributed by atoms with van der Waals surface area (Å²) >= 11 is 0. The minimum atomic E-state index is -0.518. The summed E-state index contributed by atoms with van der Waals surface area (Å²) in [7, 11) is 2.10. The van der Waals surface area contributed by atoms with E-state index in [-0.39, 0.29) is 12.0 Å². The van der Waals surface area contributed by atoms with Crippen molar-refractivity contribution in [2.24, 2.45) is 7.05 Å². The zero-order valence-electron chi connectivity index (χ0n) is 22.2. The second-order valence-corrected chi connectivity index (χ2v) is 11.0. The van der Waals surface area contributed by atoms with E-state index in [1.165, 1.54) is 11.2 Å². The molecule has 3 N–H and O–H groups in total. The lowest BCUT2D eigenvalue weighted by molar-refractivity contribution is 0.0139. The summed E-state index contributed by atoms with van der Waals surface area (Å²) in [4.78, 5) is 12.9. The van der Waals surface area contributed by atoms with Gasteiger partial charge >= 0.3 is 0 Å². The lowest BCUT2D eigenvalue weighted by Crippen LogP contribution is -2.39. The summed E-state index contributed by atoms with van der Waals surface area (Å²) in [6, 6.07) is 14.0. The van der Waals surface area contributed by atoms with Crippen molar-refractivity contribution in [3.05, 3.63) is 59.3 Å². The number of anilines is 1. The first kappa shape index (κ1) is 25.8. The quantitative estimate of drug-likeness (QED) is 0.398. The molecular formula is C30H39N3O4. The van der Waals surface area contributed by atoms with E-state index in [9.17, 15) is 9.90 Å². The van der Waals surface area contributed by atoms with Gasteiger partial charge in [-0.25, -0.2) is 0 Å². The number of rotatable bonds is 8. The van der Waals surface area contributed by atoms with Crippen LogP contribution in [-0.2, 0) is 18.3 Å². The number of aliphatic hydroxyl groups is 1. The van der Waals surface area contributed by atoms with E-state index in [1.54, 1.807) is 12.1 Å². The van der Waals surface area contributed by atoms with Gasteiger partial charge in [0.2, 0.25) is 0 Å². The van der Waals surface area contributed by atoms with E-state index in [2.05, 4.69) is 35.2 Å². The van der Waals surface area contributed by atoms with Crippen LogP contribution in [0, 0.1) is 6.92 Å². The molecule has 1 aromatic heterocycles. The highest BCUT2D eigenvalue weighted by Gasteiger charge is 2.28. The van der Waals surface area contributed by atoms with Crippen LogP contribution in [0.5, 0.6) is 5.75 Å². The van der Waals surface area contributed by atoms with Crippen LogP contribution < -0.4 is 15.4 Å². The minimum Gasteiger partial charge on any atom is -0.491 e. The maximum absolute atomic E-state index is 12.9. The average molecular weight is 506 g/mol. The summed E-state index contributed by atoms with van der Waals surface area (Å²) in [6.07, 6.45) is 5.96. The Morgan fingerprint density at radius 3 is 2.62 bits per heavy atom. The molecular weight excluding hydrogens is 466 g/mol. The Labute approximate surface area is 219 Å². The predicted octanol–water partition coefficient (Wildman–Crippen LogP) is 5.08. The Balaban J connectivity index is 1.21. The molecule has 3 aromatic rings. The smallest absolute Gasteiger partial charge is 0.255 e. The number of carbonyl (C=O) groups is 1. The van der Waals surface area contributed by atoms with Crippen molar-refractivity contribution in [2.75, 3.05) is 18.5 Å². The molecule has 1 atom stereocenters. The van der Waals surface area contributed by atoms with Gasteiger partial charge in [-0.2, -0.15) is 0 Å². The fourth-order valence-corrected chi connectivity index (χ4v) is 5.60. The number of nitrogens with zero attached hydrogens (tertiary/aromatic N) is 1. The van der Waals surface area contributed by atoms with Crippen LogP contribution in [0.15, 0.2) is 42.5 Å². The molecule has 0 unspecified atom stereocenters. The van der Waals surface area contributed by atoms with Crippen molar-refractivity contribution in [3.63, 3.8) is 0 Å². The number of aryl methyl sites for hydroxylation is 2. The first-order valence-corrected chi connectivity index (χ1v) is 13.5. The van der Waals surface area contributed by atoms with Gasteiger partial charge in [0.05, 0.1) is 17.2 Å². The zero-order valence-corrected chi connectivity index (χ0v) is 22.2. The van der Waals surface area contributed by atoms with E-state index >= 15 is 0 Å². The first-order valence-electron chi connectivity index (χ1n) is 13.5. The lowest BCUT2D eigenvalue weighted by Gasteiger charge is -2.33. The summed E-state index contributed by atoms with van der Waals surface area (Å²) in [5, 5.41) is 18.1. The molecule has 2 aliphatic rings. The number of nitrogens with one attached hydrogen (secondary N) is 2. The number of hydrogen-bond donors (Lipinski definition) is 3. The van der Waals surface area contributed by atoms with Crippen LogP contribution in [0.25, 0.3) is 10.9 Å². The Bertz CT molecular complexity index is 1230. The molecule has 2 heterocycles. The number of ether oxygens (including phenoxy) is 2. The third-order valence-electron chi connectivity index (χ3n) is 7.89. The summed E-state index contributed by atoms with van der Waals surface area (Å²) in [5.74, 6) is 0.601. The molecule has 1 amide bonds. The molecule has 7 nitrogen and oxygen atoms in total. The van der Waals surface area contributed by atoms with Crippen molar-refractivity contribution in [1.82, 2.24) is 9.88 Å². The molecule has 7 heteroatoms. The number of fused-ring (bicyclic) bond motifs is 1. The molecule has 0 radical (unpaired) electrons. The topological polar surface area (TPSA) is 84.8 Å². The molecule has 1 aliphatic heterocycles. The third-order valence-corrected chi connectivity index (χ3v) is 7.89. The lowest BCUT2D eigenvalue weighted by atomic mass is 9.84. The number of amides is 1. The molecule has 1 saturated heterocycles. The largest absolute Gasteiger partial charge is 0.491 e. The van der Waals surface area contributed by atoms with Crippen LogP contribution in [0.4, 0.5) is 5.69 Å². The fourth-order valence-electron chi connectivity index (χ4n) is 5.60. The van der Waals surface area contributed by atoms with Gasteiger partial charge in [-0.3, -0.25) is 4.79 Å². The van der Waals surface area contributed by atoms with E-state index in [4.69, 9.17) is 9.47 Å². The fraction of sp³-hybridized carbons (Fsp3) is 0.500. The molecule has 1 aliphatic carbocycles. The SMILES string of the molecule is Cc1cc(NC(=O)c2ccc(OC[C@@H]3CCCO3)cc2)cc2cc(CN[C@H]3CC[C@](C)(O)CC3)n(C)c12. The average Bonchev–Trinajstić information content (AvgIpc) is 3.50. The van der Waals surface area contributed by atoms with Gasteiger partial charge in [-0.05, 0) is 100 Å². The van der Waals surface area contributed by atoms with Crippen molar-refractivity contribution < 1.29 is 19.4 Å². The van der Waals surface area contributed by atoms with E-state index < -0.39 is 5.60 Å². The van der Waals surface area contributed by atoms with Gasteiger partial charge in [0.25, 0.3) is 5.91 Å². The van der Waals surface area contributed by atoms with Crippen LogP contribution in [-0.4, -0.2) is 46.5 Å². The Hall–Kier alpha value is -2.87. The molecule has 37 heavy (non-hydrogen) atoms. The molecule has 0 bridgehead atoms. The molecule has 1 saturated carbocycles. The van der Waals surface area contributed by atoms with E-state index in [0.29, 0.717) is 18.2 Å². The number of aromatic nitrogens is 1. The molecule has 5 rings (SSSR count). The van der Waals surface area contributed by atoms with Crippen molar-refractivity contribution in [3.8, 4) is 5.75 Å². The maximum atomic E-state index is 12.9. The van der Waals surface area contributed by atoms with E-state index in [1.807, 2.05) is 31.2 Å². The summed E-state index contributed by atoms with van der Waals surface area (Å²) in [6.45, 7) is 6.15. The van der Waals surface area contributed by atoms with Gasteiger partial charge in [-0.1, -0.05) is 0 Å². The highest BCUT2D eigenvalue weighted by molar-refractivity contribution is 6.05. The predicted molar refractivity (Wildman–Crippen MR) is 146 cm³/mol. The molecule has 0 spiro atoms. The molecule has 2 fully saturated rings. The van der Waals surface area contributed by atoms with Crippen LogP contribution >= 0.6 is 0 Å².